The van der Waals surface area contributed by atoms with Gasteiger partial charge in [-0.1, -0.05) is 0 Å². The van der Waals surface area contributed by atoms with Crippen LogP contribution in [-0.4, -0.2) is 29.2 Å². The van der Waals surface area contributed by atoms with Gasteiger partial charge in [-0.05, 0) is 0 Å². The van der Waals surface area contributed by atoms with Crippen LogP contribution in [0.25, 0.3) is 0 Å². The fourth-order valence-corrected chi connectivity index (χ4v) is 0.999. The number of carbonyl (C=O) groups excluding carboxylic acids is 1. The highest BCUT2D eigenvalue weighted by Gasteiger charge is 2.12. The molecule has 0 bridgehead atoms. The lowest BCUT2D eigenvalue weighted by atomic mass is 10.3. The van der Waals surface area contributed by atoms with Gasteiger partial charge < -0.3 is 10.5 Å². The quantitative estimate of drug-likeness (QED) is 0.627. The first-order valence-corrected chi connectivity index (χ1v) is 4.03. The molecule has 0 amide bonds. The molecule has 1 heterocycles. The second-order valence-electron chi connectivity index (χ2n) is 2.59. The van der Waals surface area contributed by atoms with Gasteiger partial charge in [-0.2, -0.15) is 0 Å². The molecule has 0 atom stereocenters. The summed E-state index contributed by atoms with van der Waals surface area (Å²) >= 11 is 0. The molecule has 0 aliphatic rings. The number of ether oxygens (including phenoxy) is 1. The van der Waals surface area contributed by atoms with E-state index < -0.39 is 11.5 Å². The van der Waals surface area contributed by atoms with Crippen molar-refractivity contribution >= 4 is 5.97 Å². The molecule has 6 heteroatoms. The minimum Gasteiger partial charge on any atom is -0.465 e. The van der Waals surface area contributed by atoms with Crippen molar-refractivity contribution in [2.45, 2.75) is 6.54 Å². The van der Waals surface area contributed by atoms with Crippen LogP contribution in [-0.2, 0) is 11.3 Å². The predicted molar refractivity (Wildman–Crippen MR) is 48.9 cm³/mol. The Kier molecular flexibility index (Phi) is 3.35. The number of methoxy groups -OCH3 is 1. The van der Waals surface area contributed by atoms with Gasteiger partial charge >= 0.3 is 5.97 Å². The van der Waals surface area contributed by atoms with Crippen LogP contribution in [0.2, 0.25) is 0 Å². The summed E-state index contributed by atoms with van der Waals surface area (Å²) in [6, 6.07) is 0. The Balaban J connectivity index is 3.14. The molecule has 0 saturated heterocycles. The third-order valence-corrected chi connectivity index (χ3v) is 1.68. The van der Waals surface area contributed by atoms with E-state index >= 15 is 0 Å². The maximum atomic E-state index is 11.5. The summed E-state index contributed by atoms with van der Waals surface area (Å²) < 4.78 is 5.70. The van der Waals surface area contributed by atoms with Crippen LogP contribution in [0.4, 0.5) is 0 Å². The van der Waals surface area contributed by atoms with Crippen molar-refractivity contribution in [1.29, 1.82) is 0 Å². The molecule has 2 N–H and O–H groups in total. The van der Waals surface area contributed by atoms with Gasteiger partial charge in [-0.25, -0.2) is 9.78 Å². The summed E-state index contributed by atoms with van der Waals surface area (Å²) in [6.07, 6.45) is 2.52. The van der Waals surface area contributed by atoms with E-state index in [1.165, 1.54) is 24.2 Å². The Hall–Kier alpha value is -1.69. The summed E-state index contributed by atoms with van der Waals surface area (Å²) in [6.45, 7) is 0.642. The Morgan fingerprint density at radius 2 is 2.43 bits per heavy atom. The zero-order chi connectivity index (χ0) is 10.6. The summed E-state index contributed by atoms with van der Waals surface area (Å²) in [5.41, 5.74) is 4.77. The minimum absolute atomic E-state index is 0.0801. The van der Waals surface area contributed by atoms with Crippen LogP contribution in [0, 0.1) is 0 Å². The molecular formula is C8H11N3O3. The molecule has 0 fully saturated rings. The van der Waals surface area contributed by atoms with Crippen LogP contribution in [0.3, 0.4) is 0 Å². The highest BCUT2D eigenvalue weighted by Crippen LogP contribution is 1.91. The van der Waals surface area contributed by atoms with Gasteiger partial charge in [0.1, 0.15) is 5.56 Å². The Morgan fingerprint density at radius 3 is 3.00 bits per heavy atom. The molecular weight excluding hydrogens is 186 g/mol. The van der Waals surface area contributed by atoms with E-state index in [0.717, 1.165) is 0 Å². The summed E-state index contributed by atoms with van der Waals surface area (Å²) in [7, 11) is 1.21. The zero-order valence-corrected chi connectivity index (χ0v) is 7.77. The number of carbonyl (C=O) groups is 1. The van der Waals surface area contributed by atoms with Gasteiger partial charge in [0.15, 0.2) is 0 Å². The van der Waals surface area contributed by atoms with E-state index in [1.54, 1.807) is 0 Å². The fraction of sp³-hybridized carbons (Fsp3) is 0.375. The first-order chi connectivity index (χ1) is 6.70. The van der Waals surface area contributed by atoms with Crippen molar-refractivity contribution in [1.82, 2.24) is 9.55 Å². The molecule has 0 saturated carbocycles. The van der Waals surface area contributed by atoms with E-state index in [-0.39, 0.29) is 5.56 Å². The van der Waals surface area contributed by atoms with Gasteiger partial charge in [-0.15, -0.1) is 0 Å². The lowest BCUT2D eigenvalue weighted by Gasteiger charge is -2.03. The van der Waals surface area contributed by atoms with Crippen LogP contribution >= 0.6 is 0 Å². The third kappa shape index (κ3) is 1.97. The number of nitrogens with two attached hydrogens (primary N) is 1. The van der Waals surface area contributed by atoms with Crippen molar-refractivity contribution < 1.29 is 9.53 Å². The SMILES string of the molecule is COC(=O)c1cncn(CCN)c1=O. The van der Waals surface area contributed by atoms with Crippen LogP contribution in [0.1, 0.15) is 10.4 Å². The van der Waals surface area contributed by atoms with E-state index in [1.807, 2.05) is 0 Å². The first-order valence-electron chi connectivity index (χ1n) is 4.03. The third-order valence-electron chi connectivity index (χ3n) is 1.68. The van der Waals surface area contributed by atoms with Gasteiger partial charge in [0.2, 0.25) is 0 Å². The lowest BCUT2D eigenvalue weighted by Crippen LogP contribution is -2.29. The average Bonchev–Trinajstić information content (AvgIpc) is 2.20. The van der Waals surface area contributed by atoms with Crippen molar-refractivity contribution in [2.24, 2.45) is 5.73 Å². The summed E-state index contributed by atoms with van der Waals surface area (Å²) in [5, 5.41) is 0. The summed E-state index contributed by atoms with van der Waals surface area (Å²) in [5.74, 6) is -0.686. The fourth-order valence-electron chi connectivity index (χ4n) is 0.999. The minimum atomic E-state index is -0.686. The maximum Gasteiger partial charge on any atom is 0.345 e. The van der Waals surface area contributed by atoms with Crippen molar-refractivity contribution in [3.63, 3.8) is 0 Å². The number of nitrogens with zero attached hydrogens (tertiary/aromatic N) is 2. The Bertz CT molecular complexity index is 386. The molecule has 0 spiro atoms. The smallest absolute Gasteiger partial charge is 0.345 e. The van der Waals surface area contributed by atoms with Crippen LogP contribution in [0.5, 0.6) is 0 Å². The van der Waals surface area contributed by atoms with Crippen LogP contribution < -0.4 is 11.3 Å². The first kappa shape index (κ1) is 10.4. The van der Waals surface area contributed by atoms with Gasteiger partial charge in [0.25, 0.3) is 5.56 Å². The largest absolute Gasteiger partial charge is 0.465 e. The Morgan fingerprint density at radius 1 is 1.71 bits per heavy atom. The monoisotopic (exact) mass is 197 g/mol. The molecule has 0 radical (unpaired) electrons. The van der Waals surface area contributed by atoms with Gasteiger partial charge in [-0.3, -0.25) is 9.36 Å². The van der Waals surface area contributed by atoms with Crippen molar-refractivity contribution in [3.8, 4) is 0 Å². The van der Waals surface area contributed by atoms with Gasteiger partial charge in [0.05, 0.1) is 13.4 Å². The topological polar surface area (TPSA) is 87.2 Å². The highest BCUT2D eigenvalue weighted by atomic mass is 16.5. The van der Waals surface area contributed by atoms with E-state index in [4.69, 9.17) is 5.73 Å². The second kappa shape index (κ2) is 4.52. The lowest BCUT2D eigenvalue weighted by molar-refractivity contribution is 0.0597. The molecule has 6 nitrogen and oxygen atoms in total. The number of hydrogen-bond acceptors (Lipinski definition) is 5. The van der Waals surface area contributed by atoms with E-state index in [9.17, 15) is 9.59 Å². The second-order valence-corrected chi connectivity index (χ2v) is 2.59. The molecule has 1 rings (SSSR count). The molecule has 0 unspecified atom stereocenters. The van der Waals surface area contributed by atoms with Gasteiger partial charge in [0, 0.05) is 19.3 Å². The van der Waals surface area contributed by atoms with E-state index in [0.29, 0.717) is 13.1 Å². The zero-order valence-electron chi connectivity index (χ0n) is 7.77. The standard InChI is InChI=1S/C8H11N3O3/c1-14-8(13)6-4-10-5-11(3-2-9)7(6)12/h4-5H,2-3,9H2,1H3. The number of esters is 1. The molecule has 0 aliphatic heterocycles. The molecule has 76 valence electrons. The normalized spacial score (nSPS) is 9.86. The average molecular weight is 197 g/mol. The summed E-state index contributed by atoms with van der Waals surface area (Å²) in [4.78, 5) is 26.3. The number of hydrogen-bond donors (Lipinski definition) is 1. The predicted octanol–water partition coefficient (Wildman–Crippen LogP) is -1.01. The highest BCUT2D eigenvalue weighted by molar-refractivity contribution is 5.88. The van der Waals surface area contributed by atoms with Crippen LogP contribution in [0.15, 0.2) is 17.3 Å². The molecule has 14 heavy (non-hydrogen) atoms. The molecule has 1 aromatic heterocycles. The maximum absolute atomic E-state index is 11.5. The van der Waals surface area contributed by atoms with Crippen molar-refractivity contribution in [3.05, 3.63) is 28.4 Å². The molecule has 0 aromatic carbocycles. The van der Waals surface area contributed by atoms with Crippen molar-refractivity contribution in [2.75, 3.05) is 13.7 Å². The van der Waals surface area contributed by atoms with E-state index in [2.05, 4.69) is 9.72 Å². The number of rotatable bonds is 3. The molecule has 1 aromatic rings. The Labute approximate surface area is 80.3 Å². The molecule has 0 aliphatic carbocycles. The number of aromatic nitrogens is 2.